The van der Waals surface area contributed by atoms with Gasteiger partial charge < -0.3 is 5.32 Å². The van der Waals surface area contributed by atoms with Crippen LogP contribution < -0.4 is 5.32 Å². The van der Waals surface area contributed by atoms with E-state index < -0.39 is 0 Å². The van der Waals surface area contributed by atoms with Gasteiger partial charge in [0.05, 0.1) is 22.3 Å². The molecule has 3 heterocycles. The van der Waals surface area contributed by atoms with Crippen molar-refractivity contribution >= 4 is 17.2 Å². The number of hydrogen-bond acceptors (Lipinski definition) is 5. The van der Waals surface area contributed by atoms with Crippen LogP contribution in [0.4, 0.5) is 4.39 Å². The number of nitrogens with one attached hydrogen (secondary N) is 1. The molecule has 0 unspecified atom stereocenters. The highest BCUT2D eigenvalue weighted by molar-refractivity contribution is 7.13. The molecular weight excluding hydrogens is 401 g/mol. The van der Waals surface area contributed by atoms with Crippen LogP contribution in [0.5, 0.6) is 0 Å². The quantitative estimate of drug-likeness (QED) is 0.470. The molecule has 150 valence electrons. The Kier molecular flexibility index (Phi) is 5.49. The molecule has 1 aromatic carbocycles. The third-order valence-corrected chi connectivity index (χ3v) is 5.32. The lowest BCUT2D eigenvalue weighted by Gasteiger charge is -2.10. The Balaban J connectivity index is 1.84. The maximum atomic E-state index is 13.3. The van der Waals surface area contributed by atoms with Crippen LogP contribution in [-0.2, 0) is 0 Å². The van der Waals surface area contributed by atoms with Gasteiger partial charge in [-0.1, -0.05) is 12.1 Å². The van der Waals surface area contributed by atoms with Gasteiger partial charge in [0, 0.05) is 18.3 Å². The lowest BCUT2D eigenvalue weighted by Crippen LogP contribution is -2.23. The van der Waals surface area contributed by atoms with Crippen LogP contribution in [-0.4, -0.2) is 32.2 Å². The highest BCUT2D eigenvalue weighted by atomic mass is 32.1. The summed E-state index contributed by atoms with van der Waals surface area (Å²) in [4.78, 5) is 22.6. The van der Waals surface area contributed by atoms with E-state index in [2.05, 4.69) is 27.0 Å². The molecular formula is C22H18FN5OS. The molecule has 0 aliphatic rings. The molecule has 0 aliphatic heterocycles. The zero-order valence-corrected chi connectivity index (χ0v) is 17.0. The van der Waals surface area contributed by atoms with Crippen LogP contribution in [0.1, 0.15) is 15.9 Å². The van der Waals surface area contributed by atoms with Crippen LogP contribution in [0.25, 0.3) is 27.8 Å². The Bertz CT molecular complexity index is 1200. The van der Waals surface area contributed by atoms with E-state index in [0.717, 1.165) is 16.0 Å². The number of thiophene rings is 1. The second-order valence-corrected chi connectivity index (χ2v) is 7.45. The first kappa shape index (κ1) is 19.7. The fourth-order valence-electron chi connectivity index (χ4n) is 3.01. The third kappa shape index (κ3) is 3.77. The van der Waals surface area contributed by atoms with E-state index in [1.165, 1.54) is 29.7 Å². The number of halogens is 1. The Labute approximate surface area is 176 Å². The number of nitrogens with zero attached hydrogens (tertiary/aromatic N) is 4. The van der Waals surface area contributed by atoms with Crippen molar-refractivity contribution in [2.45, 2.75) is 6.92 Å². The van der Waals surface area contributed by atoms with E-state index in [9.17, 15) is 9.18 Å². The van der Waals surface area contributed by atoms with Crippen molar-refractivity contribution in [2.24, 2.45) is 0 Å². The SMILES string of the molecule is C=CCNC(=O)c1cnn(-c2ncc(C)c(-c3ccc(F)cc3)n2)c1-c1cccs1. The normalized spacial score (nSPS) is 10.7. The van der Waals surface area contributed by atoms with Gasteiger partial charge in [-0.25, -0.2) is 14.4 Å². The number of aromatic nitrogens is 4. The summed E-state index contributed by atoms with van der Waals surface area (Å²) in [5.41, 5.74) is 3.32. The molecule has 8 heteroatoms. The minimum absolute atomic E-state index is 0.254. The lowest BCUT2D eigenvalue weighted by molar-refractivity contribution is 0.0958. The Hall–Kier alpha value is -3.65. The number of rotatable bonds is 6. The van der Waals surface area contributed by atoms with Gasteiger partial charge in [0.1, 0.15) is 11.5 Å². The summed E-state index contributed by atoms with van der Waals surface area (Å²) < 4.78 is 14.9. The number of amides is 1. The van der Waals surface area contributed by atoms with Gasteiger partial charge in [-0.15, -0.1) is 17.9 Å². The predicted octanol–water partition coefficient (Wildman–Crippen LogP) is 4.42. The van der Waals surface area contributed by atoms with Gasteiger partial charge in [-0.2, -0.15) is 9.78 Å². The lowest BCUT2D eigenvalue weighted by atomic mass is 10.1. The fraction of sp³-hybridized carbons (Fsp3) is 0.0909. The molecule has 0 atom stereocenters. The molecule has 0 saturated carbocycles. The van der Waals surface area contributed by atoms with Crippen molar-refractivity contribution < 1.29 is 9.18 Å². The van der Waals surface area contributed by atoms with Gasteiger partial charge in [-0.05, 0) is 48.2 Å². The van der Waals surface area contributed by atoms with Gasteiger partial charge in [0.15, 0.2) is 0 Å². The highest BCUT2D eigenvalue weighted by Crippen LogP contribution is 2.30. The van der Waals surface area contributed by atoms with E-state index in [-0.39, 0.29) is 11.7 Å². The summed E-state index contributed by atoms with van der Waals surface area (Å²) in [5, 5.41) is 9.12. The van der Waals surface area contributed by atoms with Gasteiger partial charge in [0.25, 0.3) is 11.9 Å². The largest absolute Gasteiger partial charge is 0.348 e. The van der Waals surface area contributed by atoms with Crippen LogP contribution >= 0.6 is 11.3 Å². The van der Waals surface area contributed by atoms with Gasteiger partial charge in [0.2, 0.25) is 0 Å². The fourth-order valence-corrected chi connectivity index (χ4v) is 3.78. The van der Waals surface area contributed by atoms with E-state index in [0.29, 0.717) is 29.4 Å². The average molecular weight is 419 g/mol. The summed E-state index contributed by atoms with van der Waals surface area (Å²) in [6.45, 7) is 5.87. The first-order chi connectivity index (χ1) is 14.6. The molecule has 0 aliphatic carbocycles. The van der Waals surface area contributed by atoms with Crippen molar-refractivity contribution in [1.29, 1.82) is 0 Å². The van der Waals surface area contributed by atoms with E-state index >= 15 is 0 Å². The maximum absolute atomic E-state index is 13.3. The molecule has 30 heavy (non-hydrogen) atoms. The molecule has 0 radical (unpaired) electrons. The first-order valence-corrected chi connectivity index (χ1v) is 10.1. The predicted molar refractivity (Wildman–Crippen MR) is 115 cm³/mol. The standard InChI is InChI=1S/C22H18FN5OS/c1-3-10-24-21(29)17-13-26-28(20(17)18-5-4-11-30-18)22-25-12-14(2)19(27-22)15-6-8-16(23)9-7-15/h3-9,11-13H,1,10H2,2H3,(H,24,29). The number of carbonyl (C=O) groups excluding carboxylic acids is 1. The van der Waals surface area contributed by atoms with E-state index in [4.69, 9.17) is 0 Å². The number of carbonyl (C=O) groups is 1. The Morgan fingerprint density at radius 3 is 2.77 bits per heavy atom. The molecule has 0 spiro atoms. The Morgan fingerprint density at radius 2 is 2.07 bits per heavy atom. The molecule has 0 bridgehead atoms. The second kappa shape index (κ2) is 8.38. The Morgan fingerprint density at radius 1 is 1.27 bits per heavy atom. The van der Waals surface area contributed by atoms with E-state index in [1.807, 2.05) is 24.4 Å². The smallest absolute Gasteiger partial charge is 0.255 e. The zero-order valence-electron chi connectivity index (χ0n) is 16.2. The monoisotopic (exact) mass is 419 g/mol. The molecule has 4 aromatic rings. The second-order valence-electron chi connectivity index (χ2n) is 6.50. The summed E-state index contributed by atoms with van der Waals surface area (Å²) >= 11 is 1.49. The topological polar surface area (TPSA) is 72.7 Å². The summed E-state index contributed by atoms with van der Waals surface area (Å²) in [7, 11) is 0. The summed E-state index contributed by atoms with van der Waals surface area (Å²) in [6, 6.07) is 9.95. The molecule has 6 nitrogen and oxygen atoms in total. The zero-order chi connectivity index (χ0) is 21.1. The minimum Gasteiger partial charge on any atom is -0.348 e. The van der Waals surface area contributed by atoms with Crippen LogP contribution in [0.2, 0.25) is 0 Å². The van der Waals surface area contributed by atoms with Gasteiger partial charge >= 0.3 is 0 Å². The minimum atomic E-state index is -0.312. The highest BCUT2D eigenvalue weighted by Gasteiger charge is 2.22. The molecule has 0 fully saturated rings. The van der Waals surface area contributed by atoms with Gasteiger partial charge in [-0.3, -0.25) is 4.79 Å². The molecule has 0 saturated heterocycles. The third-order valence-electron chi connectivity index (χ3n) is 4.44. The van der Waals surface area contributed by atoms with Crippen LogP contribution in [0, 0.1) is 12.7 Å². The molecule has 4 rings (SSSR count). The van der Waals surface area contributed by atoms with Crippen molar-refractivity contribution in [3.05, 3.63) is 83.8 Å². The van der Waals surface area contributed by atoms with Crippen LogP contribution in [0.3, 0.4) is 0 Å². The number of hydrogen-bond donors (Lipinski definition) is 1. The van der Waals surface area contributed by atoms with E-state index in [1.54, 1.807) is 29.1 Å². The van der Waals surface area contributed by atoms with Crippen molar-refractivity contribution in [1.82, 2.24) is 25.1 Å². The molecule has 1 N–H and O–H groups in total. The molecule has 3 aromatic heterocycles. The molecule has 1 amide bonds. The first-order valence-electron chi connectivity index (χ1n) is 9.19. The van der Waals surface area contributed by atoms with Crippen LogP contribution in [0.15, 0.2) is 66.8 Å². The number of aryl methyl sites for hydroxylation is 1. The van der Waals surface area contributed by atoms with Crippen molar-refractivity contribution in [2.75, 3.05) is 6.54 Å². The summed E-state index contributed by atoms with van der Waals surface area (Å²) in [6.07, 6.45) is 4.82. The number of benzene rings is 1. The maximum Gasteiger partial charge on any atom is 0.255 e. The summed E-state index contributed by atoms with van der Waals surface area (Å²) in [5.74, 6) is -0.241. The average Bonchev–Trinajstić information content (AvgIpc) is 3.43. The van der Waals surface area contributed by atoms with Crippen molar-refractivity contribution in [3.8, 4) is 27.8 Å². The van der Waals surface area contributed by atoms with Crippen molar-refractivity contribution in [3.63, 3.8) is 0 Å².